The van der Waals surface area contributed by atoms with Crippen molar-refractivity contribution in [2.75, 3.05) is 30.4 Å². The summed E-state index contributed by atoms with van der Waals surface area (Å²) in [5, 5.41) is 11.2. The molecular weight excluding hydrogens is 240 g/mol. The van der Waals surface area contributed by atoms with Gasteiger partial charge in [0.1, 0.15) is 5.82 Å². The van der Waals surface area contributed by atoms with E-state index in [1.54, 1.807) is 6.20 Å². The van der Waals surface area contributed by atoms with E-state index in [1.807, 2.05) is 6.92 Å². The molecule has 0 amide bonds. The smallest absolute Gasteiger partial charge is 0.226 e. The van der Waals surface area contributed by atoms with Gasteiger partial charge in [-0.15, -0.1) is 0 Å². The first-order chi connectivity index (χ1) is 9.28. The molecule has 0 atom stereocenters. The van der Waals surface area contributed by atoms with Gasteiger partial charge >= 0.3 is 0 Å². The van der Waals surface area contributed by atoms with E-state index in [2.05, 4.69) is 37.4 Å². The van der Waals surface area contributed by atoms with E-state index in [9.17, 15) is 0 Å². The first kappa shape index (κ1) is 12.2. The van der Waals surface area contributed by atoms with Gasteiger partial charge in [-0.05, 0) is 25.7 Å². The number of anilines is 2. The summed E-state index contributed by atoms with van der Waals surface area (Å²) < 4.78 is 0. The minimum atomic E-state index is 0.662. The Morgan fingerprint density at radius 1 is 1.42 bits per heavy atom. The molecule has 6 heteroatoms. The number of aromatic nitrogens is 4. The van der Waals surface area contributed by atoms with Crippen LogP contribution in [-0.4, -0.2) is 40.3 Å². The number of nitrogens with one attached hydrogen (secondary N) is 2. The minimum absolute atomic E-state index is 0.662. The Bertz CT molecular complexity index is 559. The van der Waals surface area contributed by atoms with E-state index < -0.39 is 0 Å². The van der Waals surface area contributed by atoms with Gasteiger partial charge in [0, 0.05) is 20.1 Å². The molecule has 0 spiro atoms. The summed E-state index contributed by atoms with van der Waals surface area (Å²) in [6.45, 7) is 3.91. The van der Waals surface area contributed by atoms with Gasteiger partial charge in [-0.1, -0.05) is 6.42 Å². The molecule has 3 rings (SSSR count). The molecule has 1 fully saturated rings. The second-order valence-corrected chi connectivity index (χ2v) is 5.21. The summed E-state index contributed by atoms with van der Waals surface area (Å²) in [5.74, 6) is 2.43. The quantitative estimate of drug-likeness (QED) is 0.860. The highest BCUT2D eigenvalue weighted by Gasteiger charge is 2.21. The molecule has 0 aliphatic heterocycles. The van der Waals surface area contributed by atoms with Gasteiger partial charge in [-0.3, -0.25) is 5.10 Å². The maximum Gasteiger partial charge on any atom is 0.226 e. The molecule has 1 aliphatic carbocycles. The molecule has 2 aromatic rings. The zero-order valence-corrected chi connectivity index (χ0v) is 11.5. The fourth-order valence-corrected chi connectivity index (χ4v) is 2.50. The van der Waals surface area contributed by atoms with Crippen molar-refractivity contribution in [3.63, 3.8) is 0 Å². The van der Waals surface area contributed by atoms with Crippen LogP contribution in [0.25, 0.3) is 11.0 Å². The number of H-pyrrole nitrogens is 1. The minimum Gasteiger partial charge on any atom is -0.359 e. The molecule has 0 bridgehead atoms. The van der Waals surface area contributed by atoms with Gasteiger partial charge in [0.25, 0.3) is 0 Å². The lowest BCUT2D eigenvalue weighted by Crippen LogP contribution is -2.30. The van der Waals surface area contributed by atoms with Crippen LogP contribution >= 0.6 is 0 Å². The summed E-state index contributed by atoms with van der Waals surface area (Å²) in [5.41, 5.74) is 0.793. The highest BCUT2D eigenvalue weighted by atomic mass is 15.2. The van der Waals surface area contributed by atoms with E-state index in [1.165, 1.54) is 19.3 Å². The van der Waals surface area contributed by atoms with E-state index in [0.29, 0.717) is 5.95 Å². The molecule has 0 aromatic carbocycles. The average molecular weight is 260 g/mol. The van der Waals surface area contributed by atoms with Gasteiger partial charge in [-0.2, -0.15) is 15.1 Å². The number of aromatic amines is 1. The maximum absolute atomic E-state index is 4.62. The second kappa shape index (κ2) is 5.03. The molecule has 102 valence electrons. The molecule has 2 N–H and O–H groups in total. The number of hydrogen-bond donors (Lipinski definition) is 2. The molecular formula is C13H20N6. The third kappa shape index (κ3) is 2.34. The number of hydrogen-bond acceptors (Lipinski definition) is 5. The molecule has 1 saturated carbocycles. The highest BCUT2D eigenvalue weighted by molar-refractivity contribution is 5.87. The van der Waals surface area contributed by atoms with Crippen molar-refractivity contribution in [2.24, 2.45) is 5.92 Å². The summed E-state index contributed by atoms with van der Waals surface area (Å²) in [6, 6.07) is 0. The van der Waals surface area contributed by atoms with Crippen LogP contribution < -0.4 is 10.2 Å². The summed E-state index contributed by atoms with van der Waals surface area (Å²) in [6.07, 6.45) is 5.84. The Balaban J connectivity index is 1.92. The van der Waals surface area contributed by atoms with Crippen LogP contribution in [0.2, 0.25) is 0 Å². The van der Waals surface area contributed by atoms with Crippen molar-refractivity contribution in [1.29, 1.82) is 0 Å². The third-order valence-electron chi connectivity index (χ3n) is 3.74. The summed E-state index contributed by atoms with van der Waals surface area (Å²) in [7, 11) is 2.10. The lowest BCUT2D eigenvalue weighted by Gasteiger charge is -2.30. The molecule has 0 radical (unpaired) electrons. The number of rotatable bonds is 5. The number of nitrogens with zero attached hydrogens (tertiary/aromatic N) is 4. The van der Waals surface area contributed by atoms with Crippen LogP contribution in [0.1, 0.15) is 26.2 Å². The third-order valence-corrected chi connectivity index (χ3v) is 3.74. The van der Waals surface area contributed by atoms with Crippen molar-refractivity contribution < 1.29 is 0 Å². The van der Waals surface area contributed by atoms with Crippen molar-refractivity contribution >= 4 is 22.8 Å². The zero-order chi connectivity index (χ0) is 13.2. The Kier molecular flexibility index (Phi) is 3.23. The molecule has 0 unspecified atom stereocenters. The SMILES string of the molecule is CCNc1nc(N(C)CC2CCC2)c2cn[nH]c2n1. The topological polar surface area (TPSA) is 69.7 Å². The molecule has 19 heavy (non-hydrogen) atoms. The van der Waals surface area contributed by atoms with Crippen LogP contribution in [0.5, 0.6) is 0 Å². The van der Waals surface area contributed by atoms with Crippen LogP contribution in [0.3, 0.4) is 0 Å². The first-order valence-electron chi connectivity index (χ1n) is 6.94. The van der Waals surface area contributed by atoms with Gasteiger partial charge in [-0.25, -0.2) is 0 Å². The van der Waals surface area contributed by atoms with Gasteiger partial charge < -0.3 is 10.2 Å². The van der Waals surface area contributed by atoms with Crippen LogP contribution in [-0.2, 0) is 0 Å². The van der Waals surface area contributed by atoms with Crippen LogP contribution in [0.4, 0.5) is 11.8 Å². The maximum atomic E-state index is 4.62. The van der Waals surface area contributed by atoms with Crippen molar-refractivity contribution in [1.82, 2.24) is 20.2 Å². The standard InChI is InChI=1S/C13H20N6/c1-3-14-13-16-11-10(7-15-18-11)12(17-13)19(2)8-9-5-4-6-9/h7,9H,3-6,8H2,1-2H3,(H2,14,15,16,17,18). The second-order valence-electron chi connectivity index (χ2n) is 5.21. The van der Waals surface area contributed by atoms with E-state index in [4.69, 9.17) is 0 Å². The van der Waals surface area contributed by atoms with Gasteiger partial charge in [0.15, 0.2) is 5.65 Å². The van der Waals surface area contributed by atoms with Crippen LogP contribution in [0, 0.1) is 5.92 Å². The average Bonchev–Trinajstić information content (AvgIpc) is 2.81. The summed E-state index contributed by atoms with van der Waals surface area (Å²) >= 11 is 0. The Morgan fingerprint density at radius 2 is 2.26 bits per heavy atom. The predicted octanol–water partition coefficient (Wildman–Crippen LogP) is 2.02. The molecule has 2 heterocycles. The predicted molar refractivity (Wildman–Crippen MR) is 76.5 cm³/mol. The first-order valence-corrected chi connectivity index (χ1v) is 6.94. The van der Waals surface area contributed by atoms with Gasteiger partial charge in [0.2, 0.25) is 5.95 Å². The lowest BCUT2D eigenvalue weighted by atomic mass is 9.85. The fourth-order valence-electron chi connectivity index (χ4n) is 2.50. The van der Waals surface area contributed by atoms with E-state index in [-0.39, 0.29) is 0 Å². The van der Waals surface area contributed by atoms with E-state index >= 15 is 0 Å². The number of fused-ring (bicyclic) bond motifs is 1. The molecule has 1 aliphatic rings. The monoisotopic (exact) mass is 260 g/mol. The Labute approximate surface area is 112 Å². The van der Waals surface area contributed by atoms with Crippen molar-refractivity contribution in [3.8, 4) is 0 Å². The Hall–Kier alpha value is -1.85. The normalized spacial score (nSPS) is 15.5. The van der Waals surface area contributed by atoms with Crippen molar-refractivity contribution in [3.05, 3.63) is 6.20 Å². The Morgan fingerprint density at radius 3 is 2.95 bits per heavy atom. The lowest BCUT2D eigenvalue weighted by molar-refractivity contribution is 0.321. The van der Waals surface area contributed by atoms with Gasteiger partial charge in [0.05, 0.1) is 11.6 Å². The highest BCUT2D eigenvalue weighted by Crippen LogP contribution is 2.30. The van der Waals surface area contributed by atoms with Crippen molar-refractivity contribution in [2.45, 2.75) is 26.2 Å². The summed E-state index contributed by atoms with van der Waals surface area (Å²) in [4.78, 5) is 11.3. The molecule has 2 aromatic heterocycles. The molecule has 0 saturated heterocycles. The largest absolute Gasteiger partial charge is 0.359 e. The van der Waals surface area contributed by atoms with E-state index in [0.717, 1.165) is 35.9 Å². The van der Waals surface area contributed by atoms with Crippen LogP contribution in [0.15, 0.2) is 6.20 Å². The molecule has 6 nitrogen and oxygen atoms in total. The fraction of sp³-hybridized carbons (Fsp3) is 0.615. The zero-order valence-electron chi connectivity index (χ0n) is 11.5.